The van der Waals surface area contributed by atoms with E-state index >= 15 is 0 Å². The third-order valence-corrected chi connectivity index (χ3v) is 4.78. The van der Waals surface area contributed by atoms with Crippen LogP contribution >= 0.6 is 31.9 Å². The second-order valence-corrected chi connectivity index (χ2v) is 6.00. The van der Waals surface area contributed by atoms with Gasteiger partial charge in [-0.3, -0.25) is 4.79 Å². The van der Waals surface area contributed by atoms with E-state index in [1.54, 1.807) is 6.20 Å². The van der Waals surface area contributed by atoms with Crippen molar-refractivity contribution in [2.45, 2.75) is 19.4 Å². The van der Waals surface area contributed by atoms with Crippen LogP contribution in [0, 0.1) is 0 Å². The number of aromatic amines is 1. The molecule has 1 aromatic carbocycles. The Kier molecular flexibility index (Phi) is 4.65. The summed E-state index contributed by atoms with van der Waals surface area (Å²) < 4.78 is 1.82. The summed E-state index contributed by atoms with van der Waals surface area (Å²) in [6.45, 7) is 2.14. The summed E-state index contributed by atoms with van der Waals surface area (Å²) in [5, 5.41) is 13.0. The zero-order valence-electron chi connectivity index (χ0n) is 10.3. The van der Waals surface area contributed by atoms with Gasteiger partial charge in [-0.1, -0.05) is 6.92 Å². The quantitative estimate of drug-likeness (QED) is 0.751. The molecule has 19 heavy (non-hydrogen) atoms. The summed E-state index contributed by atoms with van der Waals surface area (Å²) in [5.74, 6) is -0.187. The Morgan fingerprint density at radius 2 is 2.11 bits per heavy atom. The van der Waals surface area contributed by atoms with Gasteiger partial charge in [0.05, 0.1) is 11.7 Å². The van der Waals surface area contributed by atoms with E-state index in [1.807, 2.05) is 19.1 Å². The monoisotopic (exact) mass is 388 g/mol. The standard InChI is InChI=1S/C13H14Br2N2O2/c1-2-7(18)5-17-13(19)9-6-16-12-4-11(15)10(14)3-8(9)12/h3-4,6-7,16,18H,2,5H2,1H3,(H,17,19). The largest absolute Gasteiger partial charge is 0.391 e. The van der Waals surface area contributed by atoms with Gasteiger partial charge in [-0.25, -0.2) is 0 Å². The molecule has 0 aliphatic heterocycles. The van der Waals surface area contributed by atoms with Crippen molar-refractivity contribution in [3.63, 3.8) is 0 Å². The number of aliphatic hydroxyl groups is 1. The van der Waals surface area contributed by atoms with Crippen LogP contribution in [0.5, 0.6) is 0 Å². The number of nitrogens with one attached hydrogen (secondary N) is 2. The van der Waals surface area contributed by atoms with Crippen molar-refractivity contribution in [1.29, 1.82) is 0 Å². The molecule has 0 saturated carbocycles. The molecule has 1 unspecified atom stereocenters. The molecule has 1 amide bonds. The number of hydrogen-bond acceptors (Lipinski definition) is 2. The smallest absolute Gasteiger partial charge is 0.253 e. The van der Waals surface area contributed by atoms with E-state index in [1.165, 1.54) is 0 Å². The van der Waals surface area contributed by atoms with Crippen molar-refractivity contribution in [1.82, 2.24) is 10.3 Å². The summed E-state index contributed by atoms with van der Waals surface area (Å²) in [7, 11) is 0. The summed E-state index contributed by atoms with van der Waals surface area (Å²) in [5.41, 5.74) is 1.46. The molecule has 1 aromatic heterocycles. The number of carbonyl (C=O) groups excluding carboxylic acids is 1. The molecule has 2 aromatic rings. The number of fused-ring (bicyclic) bond motifs is 1. The highest BCUT2D eigenvalue weighted by atomic mass is 79.9. The molecule has 0 radical (unpaired) electrons. The lowest BCUT2D eigenvalue weighted by Crippen LogP contribution is -2.31. The minimum atomic E-state index is -0.505. The lowest BCUT2D eigenvalue weighted by Gasteiger charge is -2.09. The number of amides is 1. The number of halogens is 2. The fourth-order valence-corrected chi connectivity index (χ4v) is 2.44. The van der Waals surface area contributed by atoms with Gasteiger partial charge in [0, 0.05) is 32.6 Å². The summed E-state index contributed by atoms with van der Waals surface area (Å²) in [6.07, 6.45) is 1.79. The molecule has 0 fully saturated rings. The van der Waals surface area contributed by atoms with Crippen LogP contribution < -0.4 is 5.32 Å². The van der Waals surface area contributed by atoms with Crippen molar-refractivity contribution < 1.29 is 9.90 Å². The van der Waals surface area contributed by atoms with Gasteiger partial charge >= 0.3 is 0 Å². The maximum Gasteiger partial charge on any atom is 0.253 e. The number of carbonyl (C=O) groups is 1. The van der Waals surface area contributed by atoms with Crippen molar-refractivity contribution in [2.24, 2.45) is 0 Å². The molecule has 4 nitrogen and oxygen atoms in total. The molecule has 1 heterocycles. The number of hydrogen-bond donors (Lipinski definition) is 3. The van der Waals surface area contributed by atoms with Gasteiger partial charge in [0.25, 0.3) is 5.91 Å². The van der Waals surface area contributed by atoms with Gasteiger partial charge in [-0.15, -0.1) is 0 Å². The average Bonchev–Trinajstić information content (AvgIpc) is 2.79. The first-order valence-electron chi connectivity index (χ1n) is 5.95. The normalized spacial score (nSPS) is 12.6. The Morgan fingerprint density at radius 1 is 1.42 bits per heavy atom. The summed E-state index contributed by atoms with van der Waals surface area (Å²) >= 11 is 6.85. The van der Waals surface area contributed by atoms with Crippen LogP contribution in [0.4, 0.5) is 0 Å². The number of rotatable bonds is 4. The molecule has 6 heteroatoms. The van der Waals surface area contributed by atoms with E-state index in [2.05, 4.69) is 42.2 Å². The van der Waals surface area contributed by atoms with Crippen LogP contribution in [0.25, 0.3) is 10.9 Å². The molecule has 1 atom stereocenters. The van der Waals surface area contributed by atoms with Crippen LogP contribution in [0.15, 0.2) is 27.3 Å². The third kappa shape index (κ3) is 3.19. The third-order valence-electron chi connectivity index (χ3n) is 2.94. The minimum Gasteiger partial charge on any atom is -0.391 e. The Balaban J connectivity index is 2.25. The van der Waals surface area contributed by atoms with Gasteiger partial charge in [0.2, 0.25) is 0 Å². The van der Waals surface area contributed by atoms with E-state index in [4.69, 9.17) is 0 Å². The van der Waals surface area contributed by atoms with Gasteiger partial charge in [0.15, 0.2) is 0 Å². The van der Waals surface area contributed by atoms with Crippen molar-refractivity contribution in [3.8, 4) is 0 Å². The number of aliphatic hydroxyl groups excluding tert-OH is 1. The second kappa shape index (κ2) is 6.07. The fourth-order valence-electron chi connectivity index (χ4n) is 1.75. The maximum atomic E-state index is 12.1. The van der Waals surface area contributed by atoms with Crippen molar-refractivity contribution in [3.05, 3.63) is 32.8 Å². The second-order valence-electron chi connectivity index (χ2n) is 4.29. The van der Waals surface area contributed by atoms with Crippen molar-refractivity contribution in [2.75, 3.05) is 6.54 Å². The first kappa shape index (κ1) is 14.6. The summed E-state index contributed by atoms with van der Waals surface area (Å²) in [6, 6.07) is 3.80. The molecule has 2 rings (SSSR count). The van der Waals surface area contributed by atoms with Gasteiger partial charge in [-0.05, 0) is 50.4 Å². The van der Waals surface area contributed by atoms with Crippen LogP contribution in [-0.4, -0.2) is 28.6 Å². The maximum absolute atomic E-state index is 12.1. The molecular weight excluding hydrogens is 376 g/mol. The Hall–Kier alpha value is -0.850. The molecule has 0 spiro atoms. The summed E-state index contributed by atoms with van der Waals surface area (Å²) in [4.78, 5) is 15.1. The van der Waals surface area contributed by atoms with Gasteiger partial charge in [-0.2, -0.15) is 0 Å². The zero-order chi connectivity index (χ0) is 14.0. The van der Waals surface area contributed by atoms with Gasteiger partial charge in [0.1, 0.15) is 0 Å². The van der Waals surface area contributed by atoms with E-state index in [0.29, 0.717) is 12.0 Å². The van der Waals surface area contributed by atoms with Crippen molar-refractivity contribution >= 4 is 48.7 Å². The van der Waals surface area contributed by atoms with Crippen LogP contribution in [0.1, 0.15) is 23.7 Å². The Bertz CT molecular complexity index is 610. The highest BCUT2D eigenvalue weighted by molar-refractivity contribution is 9.13. The molecule has 0 aliphatic rings. The molecule has 0 saturated heterocycles. The molecular formula is C13H14Br2N2O2. The number of aromatic nitrogens is 1. The average molecular weight is 390 g/mol. The van der Waals surface area contributed by atoms with E-state index in [0.717, 1.165) is 19.8 Å². The van der Waals surface area contributed by atoms with Crippen LogP contribution in [-0.2, 0) is 0 Å². The molecule has 102 valence electrons. The Morgan fingerprint density at radius 3 is 2.79 bits per heavy atom. The highest BCUT2D eigenvalue weighted by Gasteiger charge is 2.14. The molecule has 3 N–H and O–H groups in total. The predicted molar refractivity (Wildman–Crippen MR) is 82.3 cm³/mol. The van der Waals surface area contributed by atoms with E-state index < -0.39 is 6.10 Å². The Labute approximate surface area is 127 Å². The fraction of sp³-hybridized carbons (Fsp3) is 0.308. The zero-order valence-corrected chi connectivity index (χ0v) is 13.5. The molecule has 0 bridgehead atoms. The van der Waals surface area contributed by atoms with E-state index in [9.17, 15) is 9.90 Å². The van der Waals surface area contributed by atoms with Crippen LogP contribution in [0.2, 0.25) is 0 Å². The minimum absolute atomic E-state index is 0.187. The first-order valence-corrected chi connectivity index (χ1v) is 7.54. The predicted octanol–water partition coefficient (Wildman–Crippen LogP) is 3.19. The lowest BCUT2D eigenvalue weighted by molar-refractivity contribution is 0.0915. The first-order chi connectivity index (χ1) is 9.02. The molecule has 0 aliphatic carbocycles. The number of H-pyrrole nitrogens is 1. The topological polar surface area (TPSA) is 65.1 Å². The lowest BCUT2D eigenvalue weighted by atomic mass is 10.1. The SMILES string of the molecule is CCC(O)CNC(=O)c1c[nH]c2cc(Br)c(Br)cc12. The highest BCUT2D eigenvalue weighted by Crippen LogP contribution is 2.29. The van der Waals surface area contributed by atoms with Crippen LogP contribution in [0.3, 0.4) is 0 Å². The number of benzene rings is 1. The van der Waals surface area contributed by atoms with Gasteiger partial charge < -0.3 is 15.4 Å². The van der Waals surface area contributed by atoms with E-state index in [-0.39, 0.29) is 12.5 Å².